The molecular formula is C18H26O5. The normalized spacial score (nSPS) is 35.8. The molecule has 0 spiro atoms. The van der Waals surface area contributed by atoms with Gasteiger partial charge in [0.15, 0.2) is 5.79 Å². The average molecular weight is 322 g/mol. The molecule has 1 aliphatic carbocycles. The molecule has 2 fully saturated rings. The number of ether oxygens (including phenoxy) is 4. The number of aliphatic hydroxyl groups is 1. The number of rotatable bonds is 4. The van der Waals surface area contributed by atoms with Crippen LogP contribution in [0.2, 0.25) is 0 Å². The Bertz CT molecular complexity index is 541. The maximum atomic E-state index is 10.4. The van der Waals surface area contributed by atoms with E-state index in [4.69, 9.17) is 18.9 Å². The van der Waals surface area contributed by atoms with Gasteiger partial charge in [0.1, 0.15) is 17.5 Å². The second kappa shape index (κ2) is 6.06. The quantitative estimate of drug-likeness (QED) is 0.923. The van der Waals surface area contributed by atoms with Crippen LogP contribution in [0.4, 0.5) is 0 Å². The molecule has 1 aliphatic heterocycles. The molecule has 0 radical (unpaired) electrons. The Morgan fingerprint density at radius 1 is 1.17 bits per heavy atom. The van der Waals surface area contributed by atoms with Crippen LogP contribution >= 0.6 is 0 Å². The number of hydrogen-bond donors (Lipinski definition) is 1. The molecule has 23 heavy (non-hydrogen) atoms. The van der Waals surface area contributed by atoms with E-state index in [1.54, 1.807) is 7.11 Å². The summed E-state index contributed by atoms with van der Waals surface area (Å²) in [6.07, 6.45) is 0.426. The Morgan fingerprint density at radius 2 is 1.87 bits per heavy atom. The lowest BCUT2D eigenvalue weighted by atomic mass is 9.79. The van der Waals surface area contributed by atoms with Gasteiger partial charge in [-0.15, -0.1) is 0 Å². The van der Waals surface area contributed by atoms with Crippen LogP contribution < -0.4 is 4.74 Å². The van der Waals surface area contributed by atoms with E-state index in [1.165, 1.54) is 0 Å². The van der Waals surface area contributed by atoms with Gasteiger partial charge in [-0.2, -0.15) is 0 Å². The minimum absolute atomic E-state index is 0.0539. The number of methoxy groups -OCH3 is 1. The molecule has 0 unspecified atom stereocenters. The summed E-state index contributed by atoms with van der Waals surface area (Å²) in [7, 11) is 1.64. The summed E-state index contributed by atoms with van der Waals surface area (Å²) < 4.78 is 23.3. The lowest BCUT2D eigenvalue weighted by molar-refractivity contribution is -0.210. The van der Waals surface area contributed by atoms with Crippen LogP contribution in [0.3, 0.4) is 0 Å². The lowest BCUT2D eigenvalue weighted by Crippen LogP contribution is -2.58. The largest absolute Gasteiger partial charge is 0.497 e. The predicted octanol–water partition coefficient (Wildman–Crippen LogP) is 2.65. The zero-order valence-electron chi connectivity index (χ0n) is 14.2. The molecule has 3 rings (SSSR count). The maximum absolute atomic E-state index is 10.4. The van der Waals surface area contributed by atoms with Gasteiger partial charge in [-0.1, -0.05) is 12.1 Å². The van der Waals surface area contributed by atoms with Crippen molar-refractivity contribution in [1.82, 2.24) is 0 Å². The molecule has 1 saturated carbocycles. The first kappa shape index (κ1) is 16.7. The van der Waals surface area contributed by atoms with Crippen LogP contribution in [0, 0.1) is 0 Å². The van der Waals surface area contributed by atoms with E-state index >= 15 is 0 Å². The first-order chi connectivity index (χ1) is 10.8. The summed E-state index contributed by atoms with van der Waals surface area (Å²) >= 11 is 0. The van der Waals surface area contributed by atoms with Gasteiger partial charge in [-0.3, -0.25) is 0 Å². The van der Waals surface area contributed by atoms with E-state index in [9.17, 15) is 5.11 Å². The van der Waals surface area contributed by atoms with Crippen molar-refractivity contribution < 1.29 is 24.1 Å². The average Bonchev–Trinajstić information content (AvgIpc) is 2.75. The smallest absolute Gasteiger partial charge is 0.164 e. The van der Waals surface area contributed by atoms with Crippen LogP contribution in [0.25, 0.3) is 0 Å². The fourth-order valence-electron chi connectivity index (χ4n) is 3.71. The third-order valence-electron chi connectivity index (χ3n) is 4.76. The van der Waals surface area contributed by atoms with Crippen LogP contribution in [0.5, 0.6) is 5.75 Å². The minimum atomic E-state index is -0.648. The summed E-state index contributed by atoms with van der Waals surface area (Å²) in [4.78, 5) is 0. The van der Waals surface area contributed by atoms with Gasteiger partial charge < -0.3 is 24.1 Å². The third kappa shape index (κ3) is 3.24. The molecule has 1 aromatic carbocycles. The van der Waals surface area contributed by atoms with E-state index in [0.717, 1.165) is 17.7 Å². The van der Waals surface area contributed by atoms with Crippen molar-refractivity contribution in [3.05, 3.63) is 29.8 Å². The van der Waals surface area contributed by atoms with Gasteiger partial charge in [0.2, 0.25) is 0 Å². The van der Waals surface area contributed by atoms with Crippen molar-refractivity contribution in [3.8, 4) is 5.75 Å². The maximum Gasteiger partial charge on any atom is 0.164 e. The van der Waals surface area contributed by atoms with Crippen LogP contribution in [0.1, 0.15) is 39.2 Å². The van der Waals surface area contributed by atoms with Gasteiger partial charge in [0.05, 0.1) is 25.9 Å². The Kier molecular flexibility index (Phi) is 4.40. The van der Waals surface area contributed by atoms with Gasteiger partial charge >= 0.3 is 0 Å². The molecule has 1 saturated heterocycles. The molecular weight excluding hydrogens is 296 g/mol. The SMILES string of the molecule is COc1ccc(CO[C@@H]2[C@H](O)CC[C@H]3OC(C)(C)O[C@@]23C)cc1. The zero-order chi connectivity index (χ0) is 16.7. The lowest BCUT2D eigenvalue weighted by Gasteiger charge is -2.43. The van der Waals surface area contributed by atoms with E-state index in [-0.39, 0.29) is 6.10 Å². The molecule has 4 atom stereocenters. The first-order valence-electron chi connectivity index (χ1n) is 8.15. The van der Waals surface area contributed by atoms with Crippen LogP contribution in [-0.4, -0.2) is 41.9 Å². The summed E-state index contributed by atoms with van der Waals surface area (Å²) in [5.74, 6) is 0.165. The van der Waals surface area contributed by atoms with E-state index in [1.807, 2.05) is 45.0 Å². The van der Waals surface area contributed by atoms with Crippen molar-refractivity contribution in [2.45, 2.75) is 69.9 Å². The second-order valence-electron chi connectivity index (χ2n) is 7.02. The van der Waals surface area contributed by atoms with Gasteiger partial charge in [-0.25, -0.2) is 0 Å². The highest BCUT2D eigenvalue weighted by Gasteiger charge is 2.59. The molecule has 1 aromatic rings. The molecule has 128 valence electrons. The van der Waals surface area contributed by atoms with Crippen molar-refractivity contribution in [1.29, 1.82) is 0 Å². The van der Waals surface area contributed by atoms with E-state index < -0.39 is 23.6 Å². The molecule has 5 nitrogen and oxygen atoms in total. The zero-order valence-corrected chi connectivity index (χ0v) is 14.2. The topological polar surface area (TPSA) is 57.2 Å². The number of hydrogen-bond acceptors (Lipinski definition) is 5. The summed E-state index contributed by atoms with van der Waals surface area (Å²) in [5, 5.41) is 10.4. The van der Waals surface area contributed by atoms with Crippen molar-refractivity contribution >= 4 is 0 Å². The number of aliphatic hydroxyl groups excluding tert-OH is 1. The fraction of sp³-hybridized carbons (Fsp3) is 0.667. The Morgan fingerprint density at radius 3 is 2.52 bits per heavy atom. The summed E-state index contributed by atoms with van der Waals surface area (Å²) in [5.41, 5.74) is 0.398. The van der Waals surface area contributed by atoms with Crippen LogP contribution in [-0.2, 0) is 20.8 Å². The monoisotopic (exact) mass is 322 g/mol. The first-order valence-corrected chi connectivity index (χ1v) is 8.15. The molecule has 1 N–H and O–H groups in total. The van der Waals surface area contributed by atoms with Crippen molar-refractivity contribution in [2.24, 2.45) is 0 Å². The van der Waals surface area contributed by atoms with E-state index in [2.05, 4.69) is 0 Å². The summed E-state index contributed by atoms with van der Waals surface area (Å²) in [6, 6.07) is 7.73. The highest BCUT2D eigenvalue weighted by Crippen LogP contribution is 2.46. The van der Waals surface area contributed by atoms with Crippen molar-refractivity contribution in [3.63, 3.8) is 0 Å². The summed E-state index contributed by atoms with van der Waals surface area (Å²) in [6.45, 7) is 6.21. The Labute approximate surface area is 137 Å². The second-order valence-corrected chi connectivity index (χ2v) is 7.02. The minimum Gasteiger partial charge on any atom is -0.497 e. The van der Waals surface area contributed by atoms with Crippen LogP contribution in [0.15, 0.2) is 24.3 Å². The fourth-order valence-corrected chi connectivity index (χ4v) is 3.71. The molecule has 1 heterocycles. The number of benzene rings is 1. The highest BCUT2D eigenvalue weighted by atomic mass is 16.8. The predicted molar refractivity (Wildman–Crippen MR) is 85.3 cm³/mol. The molecule has 0 aromatic heterocycles. The van der Waals surface area contributed by atoms with Gasteiger partial charge in [0, 0.05) is 0 Å². The molecule has 0 bridgehead atoms. The standard InChI is InChI=1S/C18H26O5/c1-17(2)22-15-10-9-14(19)16(18(15,3)23-17)21-11-12-5-7-13(20-4)8-6-12/h5-8,14-16,19H,9-11H2,1-4H3/t14-,15-,16-,18-/m1/s1. The number of fused-ring (bicyclic) bond motifs is 1. The van der Waals surface area contributed by atoms with E-state index in [0.29, 0.717) is 13.0 Å². The van der Waals surface area contributed by atoms with Gasteiger partial charge in [-0.05, 0) is 51.3 Å². The molecule has 0 amide bonds. The molecule has 5 heteroatoms. The highest BCUT2D eigenvalue weighted by molar-refractivity contribution is 5.26. The van der Waals surface area contributed by atoms with Gasteiger partial charge in [0.25, 0.3) is 0 Å². The van der Waals surface area contributed by atoms with Crippen molar-refractivity contribution in [2.75, 3.05) is 7.11 Å². The Balaban J connectivity index is 1.71. The third-order valence-corrected chi connectivity index (χ3v) is 4.76. The Hall–Kier alpha value is -1.14. The molecule has 2 aliphatic rings.